The summed E-state index contributed by atoms with van der Waals surface area (Å²) in [6, 6.07) is 6.43. The minimum absolute atomic E-state index is 0.207. The van der Waals surface area contributed by atoms with Crippen LogP contribution in [-0.2, 0) is 9.59 Å². The third-order valence-electron chi connectivity index (χ3n) is 3.25. The summed E-state index contributed by atoms with van der Waals surface area (Å²) in [6.45, 7) is 0. The first-order valence-electron chi connectivity index (χ1n) is 5.31. The molecule has 2 rings (SSSR count). The van der Waals surface area contributed by atoms with Gasteiger partial charge < -0.3 is 15.9 Å². The summed E-state index contributed by atoms with van der Waals surface area (Å²) in [5.74, 6) is -3.45. The van der Waals surface area contributed by atoms with Crippen LogP contribution in [0, 0.1) is 5.92 Å². The highest BCUT2D eigenvalue weighted by Gasteiger charge is 2.43. The first-order valence-corrected chi connectivity index (χ1v) is 5.31. The highest BCUT2D eigenvalue weighted by molar-refractivity contribution is 5.77. The molecule has 0 unspecified atom stereocenters. The molecule has 5 heteroatoms. The normalized spacial score (nSPS) is 26.5. The zero-order valence-corrected chi connectivity index (χ0v) is 9.04. The fraction of sp³-hybridized carbons (Fsp3) is 0.333. The Morgan fingerprint density at radius 3 is 2.29 bits per heavy atom. The fourth-order valence-electron chi connectivity index (χ4n) is 2.54. The Morgan fingerprint density at radius 2 is 1.76 bits per heavy atom. The number of carboxylic acid groups (broad SMARTS) is 2. The van der Waals surface area contributed by atoms with Gasteiger partial charge in [-0.2, -0.15) is 0 Å². The first kappa shape index (κ1) is 11.6. The number of carboxylic acids is 2. The third kappa shape index (κ3) is 1.89. The second kappa shape index (κ2) is 4.18. The predicted molar refractivity (Wildman–Crippen MR) is 59.5 cm³/mol. The van der Waals surface area contributed by atoms with Gasteiger partial charge in [-0.05, 0) is 11.1 Å². The van der Waals surface area contributed by atoms with Gasteiger partial charge in [-0.1, -0.05) is 24.3 Å². The average molecular weight is 235 g/mol. The summed E-state index contributed by atoms with van der Waals surface area (Å²) in [7, 11) is 0. The molecule has 0 bridgehead atoms. The Balaban J connectivity index is 2.45. The maximum absolute atomic E-state index is 11.2. The second-order valence-corrected chi connectivity index (χ2v) is 4.22. The van der Waals surface area contributed by atoms with E-state index in [-0.39, 0.29) is 6.42 Å². The summed E-state index contributed by atoms with van der Waals surface area (Å²) >= 11 is 0. The van der Waals surface area contributed by atoms with Crippen LogP contribution in [0.4, 0.5) is 0 Å². The third-order valence-corrected chi connectivity index (χ3v) is 3.25. The predicted octanol–water partition coefficient (Wildman–Crippen LogP) is 0.959. The van der Waals surface area contributed by atoms with Crippen LogP contribution in [0.2, 0.25) is 0 Å². The van der Waals surface area contributed by atoms with Gasteiger partial charge in [-0.3, -0.25) is 9.59 Å². The fourth-order valence-corrected chi connectivity index (χ4v) is 2.54. The molecule has 3 atom stereocenters. The van der Waals surface area contributed by atoms with Gasteiger partial charge >= 0.3 is 11.9 Å². The van der Waals surface area contributed by atoms with Crippen molar-refractivity contribution in [2.45, 2.75) is 18.4 Å². The van der Waals surface area contributed by atoms with Crippen LogP contribution in [0.1, 0.15) is 29.5 Å². The van der Waals surface area contributed by atoms with Gasteiger partial charge in [0.2, 0.25) is 0 Å². The topological polar surface area (TPSA) is 101 Å². The zero-order chi connectivity index (χ0) is 12.6. The number of hydrogen-bond acceptors (Lipinski definition) is 3. The van der Waals surface area contributed by atoms with Gasteiger partial charge in [0.1, 0.15) is 0 Å². The quantitative estimate of drug-likeness (QED) is 0.724. The van der Waals surface area contributed by atoms with Crippen LogP contribution in [0.5, 0.6) is 0 Å². The highest BCUT2D eigenvalue weighted by atomic mass is 16.4. The van der Waals surface area contributed by atoms with Gasteiger partial charge in [0.25, 0.3) is 0 Å². The molecule has 0 saturated carbocycles. The van der Waals surface area contributed by atoms with Crippen molar-refractivity contribution in [3.05, 3.63) is 35.4 Å². The number of aliphatic carboxylic acids is 2. The molecule has 0 radical (unpaired) electrons. The molecule has 0 saturated heterocycles. The van der Waals surface area contributed by atoms with Gasteiger partial charge in [-0.15, -0.1) is 0 Å². The Bertz CT molecular complexity index is 471. The lowest BCUT2D eigenvalue weighted by Crippen LogP contribution is -2.28. The highest BCUT2D eigenvalue weighted by Crippen LogP contribution is 2.45. The van der Waals surface area contributed by atoms with Crippen LogP contribution in [0.25, 0.3) is 0 Å². The monoisotopic (exact) mass is 235 g/mol. The van der Waals surface area contributed by atoms with Crippen molar-refractivity contribution in [3.8, 4) is 0 Å². The SMILES string of the molecule is N[C@H]1c2ccccc2[C@@H](CC(=O)O)[C@@H]1C(=O)O. The first-order chi connectivity index (χ1) is 8.02. The molecule has 1 aromatic rings. The van der Waals surface area contributed by atoms with E-state index in [1.165, 1.54) is 0 Å². The molecular weight excluding hydrogens is 222 g/mol. The van der Waals surface area contributed by atoms with Crippen molar-refractivity contribution in [1.29, 1.82) is 0 Å². The second-order valence-electron chi connectivity index (χ2n) is 4.22. The van der Waals surface area contributed by atoms with E-state index in [1.54, 1.807) is 24.3 Å². The summed E-state index contributed by atoms with van der Waals surface area (Å²) in [5.41, 5.74) is 7.37. The summed E-state index contributed by atoms with van der Waals surface area (Å²) in [4.78, 5) is 22.0. The van der Waals surface area contributed by atoms with Crippen LogP contribution in [0.15, 0.2) is 24.3 Å². The van der Waals surface area contributed by atoms with Crippen molar-refractivity contribution in [2.24, 2.45) is 11.7 Å². The number of rotatable bonds is 3. The molecule has 0 aliphatic heterocycles. The molecular formula is C12H13NO4. The molecule has 0 spiro atoms. The van der Waals surface area contributed by atoms with Gasteiger partial charge in [0.15, 0.2) is 0 Å². The molecule has 0 amide bonds. The lowest BCUT2D eigenvalue weighted by molar-refractivity contribution is -0.144. The van der Waals surface area contributed by atoms with Crippen molar-refractivity contribution < 1.29 is 19.8 Å². The number of fused-ring (bicyclic) bond motifs is 1. The minimum Gasteiger partial charge on any atom is -0.481 e. The standard InChI is InChI=1S/C12H13NO4/c13-11-7-4-2-1-3-6(7)8(5-9(14)15)10(11)12(16)17/h1-4,8,10-11H,5,13H2,(H,14,15)(H,16,17)/t8-,10+,11+/m1/s1. The van der Waals surface area contributed by atoms with E-state index in [4.69, 9.17) is 15.9 Å². The molecule has 1 aliphatic carbocycles. The zero-order valence-electron chi connectivity index (χ0n) is 9.04. The molecule has 90 valence electrons. The summed E-state index contributed by atoms with van der Waals surface area (Å²) in [5, 5.41) is 18.0. The largest absolute Gasteiger partial charge is 0.481 e. The Kier molecular flexibility index (Phi) is 2.85. The van der Waals surface area contributed by atoms with Crippen molar-refractivity contribution in [1.82, 2.24) is 0 Å². The number of carbonyl (C=O) groups is 2. The van der Waals surface area contributed by atoms with E-state index >= 15 is 0 Å². The van der Waals surface area contributed by atoms with Crippen LogP contribution in [-0.4, -0.2) is 22.2 Å². The van der Waals surface area contributed by atoms with Gasteiger partial charge in [-0.25, -0.2) is 0 Å². The smallest absolute Gasteiger partial charge is 0.309 e. The minimum atomic E-state index is -1.04. The molecule has 0 heterocycles. The Labute approximate surface area is 97.9 Å². The lowest BCUT2D eigenvalue weighted by atomic mass is 9.88. The molecule has 0 fully saturated rings. The molecule has 1 aromatic carbocycles. The maximum Gasteiger partial charge on any atom is 0.309 e. The van der Waals surface area contributed by atoms with Crippen molar-refractivity contribution in [3.63, 3.8) is 0 Å². The molecule has 4 N–H and O–H groups in total. The van der Waals surface area contributed by atoms with E-state index < -0.39 is 29.8 Å². The van der Waals surface area contributed by atoms with Crippen LogP contribution in [0.3, 0.4) is 0 Å². The molecule has 0 aromatic heterocycles. The summed E-state index contributed by atoms with van der Waals surface area (Å²) in [6.07, 6.45) is -0.207. The van der Waals surface area contributed by atoms with Crippen LogP contribution >= 0.6 is 0 Å². The van der Waals surface area contributed by atoms with E-state index in [0.29, 0.717) is 0 Å². The number of hydrogen-bond donors (Lipinski definition) is 3. The van der Waals surface area contributed by atoms with Gasteiger partial charge in [0, 0.05) is 12.0 Å². The van der Waals surface area contributed by atoms with E-state index in [1.807, 2.05) is 0 Å². The van der Waals surface area contributed by atoms with E-state index in [2.05, 4.69) is 0 Å². The Morgan fingerprint density at radius 1 is 1.18 bits per heavy atom. The summed E-state index contributed by atoms with van der Waals surface area (Å²) < 4.78 is 0. The van der Waals surface area contributed by atoms with E-state index in [9.17, 15) is 9.59 Å². The lowest BCUT2D eigenvalue weighted by Gasteiger charge is -2.17. The number of benzene rings is 1. The average Bonchev–Trinajstić information content (AvgIpc) is 2.52. The van der Waals surface area contributed by atoms with Crippen molar-refractivity contribution in [2.75, 3.05) is 0 Å². The van der Waals surface area contributed by atoms with Gasteiger partial charge in [0.05, 0.1) is 12.3 Å². The van der Waals surface area contributed by atoms with E-state index in [0.717, 1.165) is 11.1 Å². The molecule has 5 nitrogen and oxygen atoms in total. The van der Waals surface area contributed by atoms with Crippen LogP contribution < -0.4 is 5.73 Å². The van der Waals surface area contributed by atoms with Crippen molar-refractivity contribution >= 4 is 11.9 Å². The maximum atomic E-state index is 11.2. The Hall–Kier alpha value is -1.88. The molecule has 17 heavy (non-hydrogen) atoms. The number of nitrogens with two attached hydrogens (primary N) is 1. The molecule has 1 aliphatic rings.